The second-order valence-electron chi connectivity index (χ2n) is 4.99. The van der Waals surface area contributed by atoms with Crippen molar-refractivity contribution in [3.8, 4) is 0 Å². The van der Waals surface area contributed by atoms with E-state index >= 15 is 0 Å². The van der Waals surface area contributed by atoms with Crippen molar-refractivity contribution < 1.29 is 17.9 Å². The normalized spacial score (nSPS) is 22.2. The molecule has 1 aliphatic rings. The van der Waals surface area contributed by atoms with E-state index in [1.807, 2.05) is 0 Å². The van der Waals surface area contributed by atoms with Crippen molar-refractivity contribution in [2.24, 2.45) is 0 Å². The number of rotatable bonds is 4. The molecule has 2 rings (SSSR count). The van der Waals surface area contributed by atoms with E-state index in [-0.39, 0.29) is 6.10 Å². The molecule has 0 aromatic heterocycles. The van der Waals surface area contributed by atoms with Crippen LogP contribution in [0, 0.1) is 0 Å². The molecule has 116 valence electrons. The van der Waals surface area contributed by atoms with Crippen LogP contribution in [0.1, 0.15) is 13.3 Å². The van der Waals surface area contributed by atoms with Gasteiger partial charge in [0.25, 0.3) is 0 Å². The summed E-state index contributed by atoms with van der Waals surface area (Å²) < 4.78 is 29.6. The molecule has 8 heteroatoms. The van der Waals surface area contributed by atoms with Gasteiger partial charge in [-0.3, -0.25) is 4.79 Å². The van der Waals surface area contributed by atoms with E-state index in [9.17, 15) is 13.2 Å². The third-order valence-electron chi connectivity index (χ3n) is 3.38. The topological polar surface area (TPSA) is 98.5 Å². The predicted octanol–water partition coefficient (Wildman–Crippen LogP) is 1.45. The highest BCUT2D eigenvalue weighted by Crippen LogP contribution is 2.23. The van der Waals surface area contributed by atoms with Crippen LogP contribution in [0.5, 0.6) is 0 Å². The number of nitrogens with one attached hydrogen (secondary N) is 1. The highest BCUT2D eigenvalue weighted by atomic mass is 35.5. The molecule has 2 atom stereocenters. The average molecular weight is 333 g/mol. The summed E-state index contributed by atoms with van der Waals surface area (Å²) in [6.45, 7) is 2.10. The number of nitrogens with two attached hydrogens (primary N) is 1. The zero-order valence-corrected chi connectivity index (χ0v) is 13.1. The third kappa shape index (κ3) is 3.87. The average Bonchev–Trinajstić information content (AvgIpc) is 2.80. The van der Waals surface area contributed by atoms with Crippen molar-refractivity contribution in [1.82, 2.24) is 0 Å². The maximum Gasteiger partial charge on any atom is 0.239 e. The summed E-state index contributed by atoms with van der Waals surface area (Å²) in [5, 5.41) is 2.25. The number of anilines is 2. The van der Waals surface area contributed by atoms with Gasteiger partial charge in [-0.25, -0.2) is 8.42 Å². The molecule has 0 radical (unpaired) electrons. The van der Waals surface area contributed by atoms with Gasteiger partial charge in [-0.15, -0.1) is 0 Å². The Balaban J connectivity index is 2.02. The number of carbonyl (C=O) groups is 1. The van der Waals surface area contributed by atoms with Gasteiger partial charge in [0.2, 0.25) is 5.91 Å². The summed E-state index contributed by atoms with van der Waals surface area (Å²) in [5.41, 5.74) is 6.35. The number of sulfone groups is 1. The summed E-state index contributed by atoms with van der Waals surface area (Å²) in [7, 11) is -3.54. The van der Waals surface area contributed by atoms with Crippen LogP contribution in [0.25, 0.3) is 0 Å². The molecule has 1 aliphatic heterocycles. The summed E-state index contributed by atoms with van der Waals surface area (Å²) in [6, 6.07) is 4.58. The Morgan fingerprint density at radius 1 is 1.52 bits per heavy atom. The second-order valence-corrected chi connectivity index (χ2v) is 7.62. The summed E-state index contributed by atoms with van der Waals surface area (Å²) in [4.78, 5) is 11.9. The highest BCUT2D eigenvalue weighted by molar-refractivity contribution is 7.92. The molecule has 21 heavy (non-hydrogen) atoms. The van der Waals surface area contributed by atoms with Crippen LogP contribution < -0.4 is 11.1 Å². The Bertz CT molecular complexity index is 648. The number of halogens is 1. The fourth-order valence-electron chi connectivity index (χ4n) is 2.29. The first kappa shape index (κ1) is 16.1. The van der Waals surface area contributed by atoms with Crippen molar-refractivity contribution >= 4 is 38.7 Å². The number of ether oxygens (including phenoxy) is 1. The van der Waals surface area contributed by atoms with Crippen LogP contribution in [0.2, 0.25) is 5.02 Å². The van der Waals surface area contributed by atoms with Gasteiger partial charge < -0.3 is 15.8 Å². The Kier molecular flexibility index (Phi) is 4.75. The van der Waals surface area contributed by atoms with Crippen molar-refractivity contribution in [1.29, 1.82) is 0 Å². The van der Waals surface area contributed by atoms with E-state index < -0.39 is 26.7 Å². The lowest BCUT2D eigenvalue weighted by atomic mass is 10.3. The first-order valence-corrected chi connectivity index (χ1v) is 8.57. The number of hydrogen-bond donors (Lipinski definition) is 2. The van der Waals surface area contributed by atoms with Gasteiger partial charge in [0.05, 0.1) is 22.1 Å². The fourth-order valence-corrected chi connectivity index (χ4v) is 4.18. The minimum Gasteiger partial charge on any atom is -0.397 e. The molecule has 1 amide bonds. The molecule has 3 N–H and O–H groups in total. The summed E-state index contributed by atoms with van der Waals surface area (Å²) in [5.74, 6) is -1.18. The van der Waals surface area contributed by atoms with Crippen LogP contribution in [0.3, 0.4) is 0 Å². The smallest absolute Gasteiger partial charge is 0.239 e. The quantitative estimate of drug-likeness (QED) is 0.813. The maximum atomic E-state index is 12.2. The predicted molar refractivity (Wildman–Crippen MR) is 82.1 cm³/mol. The Labute approximate surface area is 128 Å². The molecule has 0 bridgehead atoms. The monoisotopic (exact) mass is 332 g/mol. The van der Waals surface area contributed by atoms with Gasteiger partial charge in [0, 0.05) is 12.3 Å². The first-order chi connectivity index (χ1) is 9.79. The van der Waals surface area contributed by atoms with Gasteiger partial charge in [0.1, 0.15) is 5.75 Å². The minimum absolute atomic E-state index is 0.315. The minimum atomic E-state index is -3.54. The largest absolute Gasteiger partial charge is 0.397 e. The SMILES string of the molecule is CC1OCCC1S(=O)(=O)CC(=O)Nc1ccc(Cl)c(N)c1. The fraction of sp³-hybridized carbons (Fsp3) is 0.462. The first-order valence-electron chi connectivity index (χ1n) is 6.47. The van der Waals surface area contributed by atoms with Gasteiger partial charge in [-0.05, 0) is 31.5 Å². The molecule has 1 aromatic rings. The standard InChI is InChI=1S/C13H17ClN2O4S/c1-8-12(4-5-20-8)21(18,19)7-13(17)16-9-2-3-10(14)11(15)6-9/h2-3,6,8,12H,4-5,7,15H2,1H3,(H,16,17). The molecule has 1 heterocycles. The van der Waals surface area contributed by atoms with Gasteiger partial charge in [0.15, 0.2) is 9.84 Å². The molecule has 1 fully saturated rings. The van der Waals surface area contributed by atoms with Gasteiger partial charge in [-0.2, -0.15) is 0 Å². The van der Waals surface area contributed by atoms with E-state index in [2.05, 4.69) is 5.32 Å². The van der Waals surface area contributed by atoms with E-state index in [1.165, 1.54) is 12.1 Å². The van der Waals surface area contributed by atoms with Crippen molar-refractivity contribution in [2.45, 2.75) is 24.7 Å². The second kappa shape index (κ2) is 6.21. The summed E-state index contributed by atoms with van der Waals surface area (Å²) in [6.07, 6.45) is 0.0407. The Hall–Kier alpha value is -1.31. The molecular weight excluding hydrogens is 316 g/mol. The molecular formula is C13H17ClN2O4S. The van der Waals surface area contributed by atoms with E-state index in [0.29, 0.717) is 29.4 Å². The van der Waals surface area contributed by atoms with Crippen LogP contribution in [-0.2, 0) is 19.4 Å². The molecule has 1 aromatic carbocycles. The van der Waals surface area contributed by atoms with Crippen LogP contribution in [0.4, 0.5) is 11.4 Å². The van der Waals surface area contributed by atoms with Gasteiger partial charge >= 0.3 is 0 Å². The number of nitrogen functional groups attached to an aromatic ring is 1. The molecule has 0 aliphatic carbocycles. The molecule has 6 nitrogen and oxygen atoms in total. The van der Waals surface area contributed by atoms with Crippen molar-refractivity contribution in [3.63, 3.8) is 0 Å². The Morgan fingerprint density at radius 3 is 2.81 bits per heavy atom. The number of benzene rings is 1. The van der Waals surface area contributed by atoms with E-state index in [4.69, 9.17) is 22.1 Å². The highest BCUT2D eigenvalue weighted by Gasteiger charge is 2.36. The lowest BCUT2D eigenvalue weighted by Gasteiger charge is -2.15. The van der Waals surface area contributed by atoms with Crippen LogP contribution >= 0.6 is 11.6 Å². The number of amides is 1. The lowest BCUT2D eigenvalue weighted by molar-refractivity contribution is -0.113. The Morgan fingerprint density at radius 2 is 2.24 bits per heavy atom. The van der Waals surface area contributed by atoms with Crippen LogP contribution in [0.15, 0.2) is 18.2 Å². The number of carbonyl (C=O) groups excluding carboxylic acids is 1. The zero-order chi connectivity index (χ0) is 15.6. The third-order valence-corrected chi connectivity index (χ3v) is 5.93. The van der Waals surface area contributed by atoms with Crippen molar-refractivity contribution in [2.75, 3.05) is 23.4 Å². The molecule has 1 saturated heterocycles. The van der Waals surface area contributed by atoms with Crippen molar-refractivity contribution in [3.05, 3.63) is 23.2 Å². The lowest BCUT2D eigenvalue weighted by Crippen LogP contribution is -2.34. The zero-order valence-electron chi connectivity index (χ0n) is 11.5. The van der Waals surface area contributed by atoms with Crippen LogP contribution in [-0.4, -0.2) is 38.0 Å². The maximum absolute atomic E-state index is 12.2. The molecule has 0 spiro atoms. The van der Waals surface area contributed by atoms with E-state index in [0.717, 1.165) is 0 Å². The molecule has 0 saturated carbocycles. The molecule has 2 unspecified atom stereocenters. The summed E-state index contributed by atoms with van der Waals surface area (Å²) >= 11 is 5.78. The van der Waals surface area contributed by atoms with Gasteiger partial charge in [-0.1, -0.05) is 11.6 Å². The van der Waals surface area contributed by atoms with E-state index in [1.54, 1.807) is 13.0 Å². The number of hydrogen-bond acceptors (Lipinski definition) is 5.